The number of amides is 1. The summed E-state index contributed by atoms with van der Waals surface area (Å²) in [6.45, 7) is 7.43. The SMILES string of the molecule is CCC1(CC)OC(=O)[C@@H](O)c2cc3n(c(=O)c21)Cc1cc2cc(C4CCN(C5CCN(C(=O)O)CC5)CC4)ccc2nc1-3.Cl.O.O.O. The van der Waals surface area contributed by atoms with Crippen LogP contribution >= 0.6 is 12.4 Å². The number of likely N-dealkylation sites (tertiary alicyclic amines) is 2. The van der Waals surface area contributed by atoms with Crippen LogP contribution in [0.15, 0.2) is 35.1 Å². The monoisotopic (exact) mass is 676 g/mol. The van der Waals surface area contributed by atoms with Crippen molar-refractivity contribution in [1.82, 2.24) is 19.4 Å². The summed E-state index contributed by atoms with van der Waals surface area (Å²) >= 11 is 0. The summed E-state index contributed by atoms with van der Waals surface area (Å²) in [5.41, 5.74) is 3.88. The maximum atomic E-state index is 13.9. The number of cyclic esters (lactones) is 1. The van der Waals surface area contributed by atoms with E-state index in [1.54, 1.807) is 10.6 Å². The van der Waals surface area contributed by atoms with Crippen LogP contribution in [0.2, 0.25) is 0 Å². The molecule has 7 rings (SSSR count). The summed E-state index contributed by atoms with van der Waals surface area (Å²) in [6.07, 6.45) is 2.52. The highest BCUT2D eigenvalue weighted by Crippen LogP contribution is 2.44. The molecule has 0 spiro atoms. The van der Waals surface area contributed by atoms with Crippen LogP contribution in [0.5, 0.6) is 0 Å². The minimum absolute atomic E-state index is 0. The first kappa shape index (κ1) is 37.9. The number of ether oxygens (including phenoxy) is 1. The summed E-state index contributed by atoms with van der Waals surface area (Å²) < 4.78 is 7.38. The number of rotatable bonds is 4. The highest BCUT2D eigenvalue weighted by Gasteiger charge is 2.47. The Labute approximate surface area is 278 Å². The standard InChI is InChI=1S/C33H38N4O6.ClH.3H2O/c1-3-33(4-2)27-24(29(38)31(40)43-33)17-26-28-22(18-37(26)30(27)39)16-21-15-20(5-6-25(21)34-28)19-7-11-35(12-8-19)23-9-13-36(14-10-23)32(41)42;;;;/h5-6,15-17,19,23,29,38H,3-4,7-14,18H2,1-2H3,(H,41,42);1H;3*1H2/t29-;;;;/m0..../s1. The van der Waals surface area contributed by atoms with Gasteiger partial charge in [-0.15, -0.1) is 12.4 Å². The Morgan fingerprint density at radius 1 is 0.979 bits per heavy atom. The normalized spacial score (nSPS) is 20.4. The number of benzene rings is 1. The highest BCUT2D eigenvalue weighted by molar-refractivity contribution is 5.86. The Morgan fingerprint density at radius 2 is 1.64 bits per heavy atom. The maximum absolute atomic E-state index is 13.9. The van der Waals surface area contributed by atoms with Crippen molar-refractivity contribution in [3.63, 3.8) is 0 Å². The van der Waals surface area contributed by atoms with Crippen molar-refractivity contribution in [3.05, 3.63) is 62.9 Å². The average molecular weight is 677 g/mol. The van der Waals surface area contributed by atoms with Crippen molar-refractivity contribution in [2.75, 3.05) is 26.2 Å². The van der Waals surface area contributed by atoms with Crippen LogP contribution in [0, 0.1) is 0 Å². The fourth-order valence-electron chi connectivity index (χ4n) is 7.89. The first-order chi connectivity index (χ1) is 20.7. The molecule has 6 heterocycles. The zero-order valence-electron chi connectivity index (χ0n) is 26.6. The summed E-state index contributed by atoms with van der Waals surface area (Å²) in [7, 11) is 0. The van der Waals surface area contributed by atoms with Crippen LogP contribution < -0.4 is 5.56 Å². The molecule has 0 unspecified atom stereocenters. The van der Waals surface area contributed by atoms with E-state index in [4.69, 9.17) is 9.72 Å². The van der Waals surface area contributed by atoms with Crippen molar-refractivity contribution < 1.29 is 41.0 Å². The van der Waals surface area contributed by atoms with Crippen LogP contribution in [0.3, 0.4) is 0 Å². The lowest BCUT2D eigenvalue weighted by molar-refractivity contribution is -0.177. The van der Waals surface area contributed by atoms with E-state index in [0.29, 0.717) is 67.0 Å². The third-order valence-electron chi connectivity index (χ3n) is 10.5. The fourth-order valence-corrected chi connectivity index (χ4v) is 7.89. The molecule has 1 aromatic carbocycles. The smallest absolute Gasteiger partial charge is 0.407 e. The number of hydrogen-bond acceptors (Lipinski definition) is 7. The Kier molecular flexibility index (Phi) is 11.5. The molecule has 0 aliphatic carbocycles. The molecule has 1 atom stereocenters. The number of aliphatic hydroxyl groups excluding tert-OH is 1. The zero-order chi connectivity index (χ0) is 30.0. The lowest BCUT2D eigenvalue weighted by atomic mass is 9.82. The largest absolute Gasteiger partial charge is 0.465 e. The lowest BCUT2D eigenvalue weighted by Gasteiger charge is -2.41. The zero-order valence-corrected chi connectivity index (χ0v) is 27.4. The number of fused-ring (bicyclic) bond motifs is 5. The Bertz CT molecular complexity index is 1690. The predicted molar refractivity (Wildman–Crippen MR) is 178 cm³/mol. The number of carboxylic acid groups (broad SMARTS) is 1. The average Bonchev–Trinajstić information content (AvgIpc) is 3.39. The van der Waals surface area contributed by atoms with Crippen molar-refractivity contribution >= 4 is 35.4 Å². The third kappa shape index (κ3) is 6.12. The minimum Gasteiger partial charge on any atom is -0.465 e. The van der Waals surface area contributed by atoms with Gasteiger partial charge in [0.25, 0.3) is 5.56 Å². The van der Waals surface area contributed by atoms with E-state index >= 15 is 0 Å². The molecule has 3 aromatic rings. The minimum atomic E-state index is -1.49. The molecule has 47 heavy (non-hydrogen) atoms. The van der Waals surface area contributed by atoms with Crippen molar-refractivity contribution in [1.29, 1.82) is 0 Å². The first-order valence-electron chi connectivity index (χ1n) is 15.6. The lowest BCUT2D eigenvalue weighted by Crippen LogP contribution is -2.48. The molecule has 258 valence electrons. The topological polar surface area (TPSA) is 220 Å². The number of hydrogen-bond donors (Lipinski definition) is 2. The first-order valence-corrected chi connectivity index (χ1v) is 15.6. The van der Waals surface area contributed by atoms with Gasteiger partial charge in [0.1, 0.15) is 5.60 Å². The Hall–Kier alpha value is -3.59. The Balaban J connectivity index is 0.00000150. The van der Waals surface area contributed by atoms with Gasteiger partial charge >= 0.3 is 12.1 Å². The Morgan fingerprint density at radius 3 is 2.26 bits per heavy atom. The van der Waals surface area contributed by atoms with Crippen LogP contribution in [-0.4, -0.2) is 90.3 Å². The molecular formula is C33H45ClN4O9. The van der Waals surface area contributed by atoms with Gasteiger partial charge in [-0.1, -0.05) is 19.9 Å². The fraction of sp³-hybridized carbons (Fsp3) is 0.515. The summed E-state index contributed by atoms with van der Waals surface area (Å²) in [5, 5.41) is 21.0. The van der Waals surface area contributed by atoms with Gasteiger partial charge < -0.3 is 45.7 Å². The van der Waals surface area contributed by atoms with E-state index in [1.807, 2.05) is 13.8 Å². The third-order valence-corrected chi connectivity index (χ3v) is 10.5. The van der Waals surface area contributed by atoms with Gasteiger partial charge in [-0.25, -0.2) is 14.6 Å². The summed E-state index contributed by atoms with van der Waals surface area (Å²) in [5.74, 6) is -0.262. The number of esters is 1. The number of pyridine rings is 2. The number of carbonyl (C=O) groups excluding carboxylic acids is 1. The molecular weight excluding hydrogens is 632 g/mol. The van der Waals surface area contributed by atoms with Crippen LogP contribution in [0.4, 0.5) is 4.79 Å². The van der Waals surface area contributed by atoms with Gasteiger partial charge in [0.05, 0.1) is 29.0 Å². The number of piperidine rings is 2. The number of halogens is 1. The predicted octanol–water partition coefficient (Wildman–Crippen LogP) is 2.30. The highest BCUT2D eigenvalue weighted by atomic mass is 35.5. The van der Waals surface area contributed by atoms with Crippen molar-refractivity contribution in [3.8, 4) is 11.4 Å². The van der Waals surface area contributed by atoms with Crippen LogP contribution in [0.25, 0.3) is 22.3 Å². The molecule has 2 aromatic heterocycles. The molecule has 2 fully saturated rings. The number of aromatic nitrogens is 2. The van der Waals surface area contributed by atoms with Gasteiger partial charge in [0, 0.05) is 35.6 Å². The van der Waals surface area contributed by atoms with Crippen LogP contribution in [-0.2, 0) is 21.7 Å². The molecule has 0 bridgehead atoms. The molecule has 8 N–H and O–H groups in total. The van der Waals surface area contributed by atoms with E-state index in [0.717, 1.165) is 55.2 Å². The molecule has 4 aliphatic rings. The van der Waals surface area contributed by atoms with Gasteiger partial charge in [-0.05, 0) is 87.4 Å². The molecule has 4 aliphatic heterocycles. The second-order valence-electron chi connectivity index (χ2n) is 12.5. The van der Waals surface area contributed by atoms with E-state index < -0.39 is 23.8 Å². The van der Waals surface area contributed by atoms with Gasteiger partial charge in [0.2, 0.25) is 0 Å². The van der Waals surface area contributed by atoms with Crippen molar-refractivity contribution in [2.45, 2.75) is 82.6 Å². The molecule has 2 saturated heterocycles. The summed E-state index contributed by atoms with van der Waals surface area (Å²) in [4.78, 5) is 46.8. The second kappa shape index (κ2) is 14.3. The van der Waals surface area contributed by atoms with Crippen molar-refractivity contribution in [2.24, 2.45) is 0 Å². The quantitative estimate of drug-likeness (QED) is 0.305. The van der Waals surface area contributed by atoms with Crippen LogP contribution in [0.1, 0.15) is 86.6 Å². The molecule has 13 nitrogen and oxygen atoms in total. The molecule has 0 saturated carbocycles. The second-order valence-corrected chi connectivity index (χ2v) is 12.5. The molecule has 0 radical (unpaired) electrons. The van der Waals surface area contributed by atoms with E-state index in [1.165, 1.54) is 10.5 Å². The number of aliphatic hydroxyl groups is 1. The van der Waals surface area contributed by atoms with Gasteiger partial charge in [-0.3, -0.25) is 4.79 Å². The van der Waals surface area contributed by atoms with Gasteiger partial charge in [0.15, 0.2) is 6.10 Å². The number of carbonyl (C=O) groups is 2. The van der Waals surface area contributed by atoms with Gasteiger partial charge in [-0.2, -0.15) is 0 Å². The molecule has 1 amide bonds. The van der Waals surface area contributed by atoms with E-state index in [9.17, 15) is 24.6 Å². The molecule has 14 heteroatoms. The summed E-state index contributed by atoms with van der Waals surface area (Å²) in [6, 6.07) is 10.8. The van der Waals surface area contributed by atoms with E-state index in [2.05, 4.69) is 29.2 Å². The maximum Gasteiger partial charge on any atom is 0.407 e. The number of nitrogens with zero attached hydrogens (tertiary/aromatic N) is 4. The van der Waals surface area contributed by atoms with E-state index in [-0.39, 0.29) is 34.4 Å².